The highest BCUT2D eigenvalue weighted by Gasteiger charge is 2.07. The van der Waals surface area contributed by atoms with E-state index in [9.17, 15) is 4.79 Å². The van der Waals surface area contributed by atoms with Crippen molar-refractivity contribution in [1.29, 1.82) is 0 Å². The number of aromatic nitrogens is 2. The number of aliphatic hydroxyl groups is 1. The summed E-state index contributed by atoms with van der Waals surface area (Å²) in [4.78, 5) is 20.2. The molecule has 0 aliphatic carbocycles. The highest BCUT2D eigenvalue weighted by atomic mass is 16.2. The van der Waals surface area contributed by atoms with Crippen LogP contribution in [0.25, 0.3) is 0 Å². The molecule has 100 valence electrons. The monoisotopic (exact) mass is 267 g/mol. The summed E-state index contributed by atoms with van der Waals surface area (Å²) in [5.41, 5.74) is 1.75. The Morgan fingerprint density at radius 1 is 1.35 bits per heavy atom. The van der Waals surface area contributed by atoms with Crippen LogP contribution in [-0.2, 0) is 0 Å². The van der Waals surface area contributed by atoms with Gasteiger partial charge in [0.25, 0.3) is 5.91 Å². The number of carbonyl (C=O) groups is 1. The van der Waals surface area contributed by atoms with Gasteiger partial charge in [0.2, 0.25) is 0 Å². The molecule has 1 amide bonds. The highest BCUT2D eigenvalue weighted by molar-refractivity contribution is 6.02. The number of nitrogens with one attached hydrogen (secondary N) is 1. The number of pyridine rings is 2. The number of carbonyl (C=O) groups excluding carboxylic acids is 1. The third-order valence-electron chi connectivity index (χ3n) is 2.44. The van der Waals surface area contributed by atoms with Crippen LogP contribution in [0, 0.1) is 18.8 Å². The summed E-state index contributed by atoms with van der Waals surface area (Å²) in [6, 6.07) is 8.63. The van der Waals surface area contributed by atoms with Gasteiger partial charge in [-0.1, -0.05) is 17.9 Å². The van der Waals surface area contributed by atoms with Gasteiger partial charge in [0.05, 0.1) is 0 Å². The first-order valence-corrected chi connectivity index (χ1v) is 6.00. The molecule has 0 aliphatic heterocycles. The lowest BCUT2D eigenvalue weighted by Gasteiger charge is -2.04. The molecule has 0 saturated heterocycles. The van der Waals surface area contributed by atoms with Crippen LogP contribution in [0.4, 0.5) is 5.82 Å². The van der Waals surface area contributed by atoms with E-state index in [0.717, 1.165) is 5.69 Å². The van der Waals surface area contributed by atoms with Gasteiger partial charge in [0, 0.05) is 17.5 Å². The molecule has 0 unspecified atom stereocenters. The maximum Gasteiger partial charge on any atom is 0.275 e. The van der Waals surface area contributed by atoms with Crippen molar-refractivity contribution >= 4 is 11.7 Å². The van der Waals surface area contributed by atoms with Crippen LogP contribution in [0.3, 0.4) is 0 Å². The molecule has 2 rings (SSSR count). The second kappa shape index (κ2) is 6.45. The Bertz CT molecular complexity index is 670. The molecule has 2 heterocycles. The Kier molecular flexibility index (Phi) is 4.43. The van der Waals surface area contributed by atoms with Crippen LogP contribution in [0.5, 0.6) is 0 Å². The molecular weight excluding hydrogens is 254 g/mol. The van der Waals surface area contributed by atoms with Crippen LogP contribution in [-0.4, -0.2) is 27.6 Å². The molecule has 0 aromatic carbocycles. The first kappa shape index (κ1) is 13.7. The topological polar surface area (TPSA) is 75.1 Å². The zero-order valence-corrected chi connectivity index (χ0v) is 10.9. The van der Waals surface area contributed by atoms with Crippen molar-refractivity contribution in [1.82, 2.24) is 9.97 Å². The average Bonchev–Trinajstić information content (AvgIpc) is 2.45. The Morgan fingerprint density at radius 3 is 2.85 bits per heavy atom. The number of rotatable bonds is 2. The number of anilines is 1. The standard InChI is InChI=1S/C15H13N3O2/c1-11-4-2-6-14(17-11)18-15(20)13-8-7-12(10-16-13)5-3-9-19/h2,4,6-8,10,19H,9H2,1H3,(H,17,18,20). The first-order chi connectivity index (χ1) is 9.69. The summed E-state index contributed by atoms with van der Waals surface area (Å²) in [5.74, 6) is 5.38. The number of aryl methyl sites for hydroxylation is 1. The van der Waals surface area contributed by atoms with Crippen LogP contribution in [0.15, 0.2) is 36.5 Å². The second-order valence-corrected chi connectivity index (χ2v) is 4.01. The van der Waals surface area contributed by atoms with E-state index >= 15 is 0 Å². The van der Waals surface area contributed by atoms with E-state index in [-0.39, 0.29) is 18.2 Å². The Morgan fingerprint density at radius 2 is 2.20 bits per heavy atom. The summed E-state index contributed by atoms with van der Waals surface area (Å²) >= 11 is 0. The predicted molar refractivity (Wildman–Crippen MR) is 75.1 cm³/mol. The smallest absolute Gasteiger partial charge is 0.275 e. The van der Waals surface area contributed by atoms with E-state index in [1.54, 1.807) is 18.2 Å². The lowest BCUT2D eigenvalue weighted by molar-refractivity contribution is 0.102. The lowest BCUT2D eigenvalue weighted by Crippen LogP contribution is -2.14. The lowest BCUT2D eigenvalue weighted by atomic mass is 10.2. The van der Waals surface area contributed by atoms with Gasteiger partial charge in [-0.25, -0.2) is 9.97 Å². The van der Waals surface area contributed by atoms with Crippen molar-refractivity contribution in [2.24, 2.45) is 0 Å². The Labute approximate surface area is 116 Å². The summed E-state index contributed by atoms with van der Waals surface area (Å²) in [6.07, 6.45) is 1.49. The van der Waals surface area contributed by atoms with E-state index in [0.29, 0.717) is 11.4 Å². The molecule has 5 heteroatoms. The molecule has 2 N–H and O–H groups in total. The van der Waals surface area contributed by atoms with Crippen LogP contribution in [0.2, 0.25) is 0 Å². The second-order valence-electron chi connectivity index (χ2n) is 4.01. The molecule has 0 fully saturated rings. The number of aliphatic hydroxyl groups excluding tert-OH is 1. The zero-order valence-electron chi connectivity index (χ0n) is 10.9. The molecule has 2 aromatic rings. The highest BCUT2D eigenvalue weighted by Crippen LogP contribution is 2.06. The molecule has 5 nitrogen and oxygen atoms in total. The fraction of sp³-hybridized carbons (Fsp3) is 0.133. The van der Waals surface area contributed by atoms with Crippen molar-refractivity contribution < 1.29 is 9.90 Å². The molecule has 2 aromatic heterocycles. The van der Waals surface area contributed by atoms with Gasteiger partial charge in [-0.2, -0.15) is 0 Å². The third-order valence-corrected chi connectivity index (χ3v) is 2.44. The van der Waals surface area contributed by atoms with Gasteiger partial charge in [-0.3, -0.25) is 4.79 Å². The maximum absolute atomic E-state index is 12.0. The van der Waals surface area contributed by atoms with Crippen LogP contribution < -0.4 is 5.32 Å². The van der Waals surface area contributed by atoms with Crippen molar-refractivity contribution in [3.63, 3.8) is 0 Å². The SMILES string of the molecule is Cc1cccc(NC(=O)c2ccc(C#CCO)cn2)n1. The molecular formula is C15H13N3O2. The molecule has 0 saturated carbocycles. The summed E-state index contributed by atoms with van der Waals surface area (Å²) in [6.45, 7) is 1.64. The fourth-order valence-electron chi connectivity index (χ4n) is 1.54. The van der Waals surface area contributed by atoms with Gasteiger partial charge in [-0.05, 0) is 31.2 Å². The molecule has 20 heavy (non-hydrogen) atoms. The largest absolute Gasteiger partial charge is 0.384 e. The quantitative estimate of drug-likeness (QED) is 0.806. The molecule has 0 atom stereocenters. The van der Waals surface area contributed by atoms with Crippen LogP contribution >= 0.6 is 0 Å². The molecule has 0 radical (unpaired) electrons. The average molecular weight is 267 g/mol. The predicted octanol–water partition coefficient (Wildman–Crippen LogP) is 1.38. The number of hydrogen-bond donors (Lipinski definition) is 2. The van der Waals surface area contributed by atoms with Crippen molar-refractivity contribution in [2.75, 3.05) is 11.9 Å². The normalized spacial score (nSPS) is 9.50. The molecule has 0 aliphatic rings. The Balaban J connectivity index is 2.09. The van der Waals surface area contributed by atoms with Crippen molar-refractivity contribution in [3.8, 4) is 11.8 Å². The van der Waals surface area contributed by atoms with Crippen LogP contribution in [0.1, 0.15) is 21.7 Å². The minimum Gasteiger partial charge on any atom is -0.384 e. The van der Waals surface area contributed by atoms with Gasteiger partial charge in [0.1, 0.15) is 18.1 Å². The number of amides is 1. The summed E-state index contributed by atoms with van der Waals surface area (Å²) in [5, 5.41) is 11.3. The van der Waals surface area contributed by atoms with E-state index in [1.807, 2.05) is 19.1 Å². The van der Waals surface area contributed by atoms with E-state index in [1.165, 1.54) is 6.20 Å². The number of nitrogens with zero attached hydrogens (tertiary/aromatic N) is 2. The van der Waals surface area contributed by atoms with Gasteiger partial charge < -0.3 is 10.4 Å². The molecule has 0 bridgehead atoms. The fourth-order valence-corrected chi connectivity index (χ4v) is 1.54. The van der Waals surface area contributed by atoms with Crippen molar-refractivity contribution in [2.45, 2.75) is 6.92 Å². The molecule has 0 spiro atoms. The van der Waals surface area contributed by atoms with E-state index in [2.05, 4.69) is 27.1 Å². The Hall–Kier alpha value is -2.71. The number of hydrogen-bond acceptors (Lipinski definition) is 4. The minimum absolute atomic E-state index is 0.207. The summed E-state index contributed by atoms with van der Waals surface area (Å²) < 4.78 is 0. The van der Waals surface area contributed by atoms with Gasteiger partial charge in [0.15, 0.2) is 0 Å². The maximum atomic E-state index is 12.0. The van der Waals surface area contributed by atoms with Crippen molar-refractivity contribution in [3.05, 3.63) is 53.5 Å². The zero-order chi connectivity index (χ0) is 14.4. The van der Waals surface area contributed by atoms with Gasteiger partial charge >= 0.3 is 0 Å². The third kappa shape index (κ3) is 3.64. The van der Waals surface area contributed by atoms with E-state index in [4.69, 9.17) is 5.11 Å². The minimum atomic E-state index is -0.329. The summed E-state index contributed by atoms with van der Waals surface area (Å²) in [7, 11) is 0. The van der Waals surface area contributed by atoms with E-state index < -0.39 is 0 Å². The van der Waals surface area contributed by atoms with Gasteiger partial charge in [-0.15, -0.1) is 0 Å². The first-order valence-electron chi connectivity index (χ1n) is 6.00.